The number of hydrogen-bond acceptors (Lipinski definition) is 10. The molecule has 0 aliphatic heterocycles. The molecule has 2 aromatic carbocycles. The highest BCUT2D eigenvalue weighted by Gasteiger charge is 2.56. The Balaban J connectivity index is 1.35. The van der Waals surface area contributed by atoms with E-state index in [1.807, 2.05) is 95.2 Å². The maximum absolute atomic E-state index is 12.8. The van der Waals surface area contributed by atoms with Crippen molar-refractivity contribution in [2.45, 2.75) is 144 Å². The highest BCUT2D eigenvalue weighted by Crippen LogP contribution is 2.55. The number of aliphatic hydroxyl groups excluding tert-OH is 4. The number of carbonyl (C=O) groups excluding carboxylic acids is 2. The molecule has 2 saturated carbocycles. The van der Waals surface area contributed by atoms with Crippen molar-refractivity contribution < 1.29 is 49.7 Å². The number of ether oxygens (including phenoxy) is 2. The lowest BCUT2D eigenvalue weighted by atomic mass is 9.53. The number of phenolic OH excluding ortho intramolecular Hbond substituents is 2. The Bertz CT molecular complexity index is 1680. The Hall–Kier alpha value is -3.70. The molecule has 2 aromatic rings. The number of phenols is 2. The van der Waals surface area contributed by atoms with Crippen LogP contribution in [0.5, 0.6) is 11.5 Å². The van der Waals surface area contributed by atoms with Gasteiger partial charge in [-0.05, 0) is 114 Å². The number of benzene rings is 2. The van der Waals surface area contributed by atoms with E-state index < -0.39 is 64.4 Å². The predicted molar refractivity (Wildman–Crippen MR) is 223 cm³/mol. The standard InChI is InChI=1S/C47H68O10/c1-27-17-29(19-31(41(27)54)43(3,4)5)13-15-37(52)56-25-45(9,10)39-33(48)21-47(22-34(39)49)23-35(50)40(36(51)24-47)46(11,12)26-57-38(53)16-14-30-18-28(2)42(55)32(20-30)44(6,7)8/h13-20,33-36,39-40,48-51,54-55H,21-26H2,1-12H3/b15-13+,16-14+. The Morgan fingerprint density at radius 2 is 0.895 bits per heavy atom. The first-order chi connectivity index (χ1) is 26.1. The summed E-state index contributed by atoms with van der Waals surface area (Å²) in [5, 5.41) is 67.2. The maximum Gasteiger partial charge on any atom is 0.330 e. The van der Waals surface area contributed by atoms with Crippen LogP contribution in [0, 0.1) is 41.9 Å². The number of rotatable bonds is 10. The van der Waals surface area contributed by atoms with Gasteiger partial charge in [-0.15, -0.1) is 0 Å². The molecule has 4 unspecified atom stereocenters. The average Bonchev–Trinajstić information content (AvgIpc) is 3.05. The van der Waals surface area contributed by atoms with Crippen LogP contribution < -0.4 is 0 Å². The zero-order valence-corrected chi connectivity index (χ0v) is 36.1. The summed E-state index contributed by atoms with van der Waals surface area (Å²) in [4.78, 5) is 25.7. The van der Waals surface area contributed by atoms with Crippen LogP contribution in [-0.4, -0.2) is 80.2 Å². The first kappa shape index (κ1) is 46.0. The lowest BCUT2D eigenvalue weighted by Gasteiger charge is -2.56. The fourth-order valence-corrected chi connectivity index (χ4v) is 9.46. The van der Waals surface area contributed by atoms with Crippen LogP contribution in [0.1, 0.15) is 128 Å². The molecule has 2 fully saturated rings. The molecular formula is C47H68O10. The fourth-order valence-electron chi connectivity index (χ4n) is 9.46. The molecular weight excluding hydrogens is 725 g/mol. The second kappa shape index (κ2) is 16.9. The Morgan fingerprint density at radius 3 is 1.18 bits per heavy atom. The maximum atomic E-state index is 12.8. The summed E-state index contributed by atoms with van der Waals surface area (Å²) in [6, 6.07) is 7.28. The van der Waals surface area contributed by atoms with E-state index >= 15 is 0 Å². The van der Waals surface area contributed by atoms with E-state index in [4.69, 9.17) is 9.47 Å². The topological polar surface area (TPSA) is 174 Å². The number of esters is 2. The molecule has 0 aromatic heterocycles. The van der Waals surface area contributed by atoms with Gasteiger partial charge in [0.05, 0.1) is 37.6 Å². The average molecular weight is 793 g/mol. The SMILES string of the molecule is Cc1cc(/C=C/C(=O)OCC(C)(C)C2C(O)CC3(CC2O)CC(O)C(C(C)(C)COC(=O)/C=C/c2cc(C)c(O)c(C(C)(C)C)c2)C(O)C3)cc(C(C)(C)C)c1O. The second-order valence-electron chi connectivity index (χ2n) is 20.5. The number of hydrogen-bond donors (Lipinski definition) is 6. The number of carbonyl (C=O) groups is 2. The normalized spacial score (nSPS) is 26.3. The Morgan fingerprint density at radius 1 is 0.596 bits per heavy atom. The van der Waals surface area contributed by atoms with Crippen LogP contribution in [0.15, 0.2) is 36.4 Å². The van der Waals surface area contributed by atoms with Gasteiger partial charge in [-0.25, -0.2) is 9.59 Å². The van der Waals surface area contributed by atoms with Crippen molar-refractivity contribution >= 4 is 24.1 Å². The molecule has 0 saturated heterocycles. The third kappa shape index (κ3) is 10.9. The zero-order chi connectivity index (χ0) is 43.1. The zero-order valence-electron chi connectivity index (χ0n) is 36.1. The minimum absolute atomic E-state index is 0.0498. The molecule has 0 bridgehead atoms. The number of aromatic hydroxyl groups is 2. The minimum atomic E-state index is -0.984. The van der Waals surface area contributed by atoms with Crippen LogP contribution in [0.2, 0.25) is 0 Å². The summed E-state index contributed by atoms with van der Waals surface area (Å²) in [6.45, 7) is 22.9. The Kier molecular flexibility index (Phi) is 13.6. The van der Waals surface area contributed by atoms with Crippen LogP contribution in [-0.2, 0) is 29.9 Å². The summed E-state index contributed by atoms with van der Waals surface area (Å²) < 4.78 is 11.3. The monoisotopic (exact) mass is 792 g/mol. The predicted octanol–water partition coefficient (Wildman–Crippen LogP) is 7.43. The van der Waals surface area contributed by atoms with Gasteiger partial charge in [0.15, 0.2) is 0 Å². The summed E-state index contributed by atoms with van der Waals surface area (Å²) in [7, 11) is 0. The van der Waals surface area contributed by atoms with Crippen molar-refractivity contribution in [3.05, 3.63) is 69.8 Å². The summed E-state index contributed by atoms with van der Waals surface area (Å²) in [5.74, 6) is -1.93. The smallest absolute Gasteiger partial charge is 0.330 e. The summed E-state index contributed by atoms with van der Waals surface area (Å²) in [5.41, 5.74) is 1.54. The van der Waals surface area contributed by atoms with Crippen molar-refractivity contribution in [2.24, 2.45) is 28.1 Å². The van der Waals surface area contributed by atoms with Crippen LogP contribution in [0.3, 0.4) is 0 Å². The van der Waals surface area contributed by atoms with Gasteiger partial charge in [-0.3, -0.25) is 0 Å². The lowest BCUT2D eigenvalue weighted by Crippen LogP contribution is -2.58. The largest absolute Gasteiger partial charge is 0.507 e. The third-order valence-corrected chi connectivity index (χ3v) is 12.3. The molecule has 4 atom stereocenters. The van der Waals surface area contributed by atoms with Gasteiger partial charge >= 0.3 is 11.9 Å². The molecule has 10 nitrogen and oxygen atoms in total. The van der Waals surface area contributed by atoms with E-state index in [1.54, 1.807) is 24.3 Å². The van der Waals surface area contributed by atoms with Gasteiger partial charge in [-0.2, -0.15) is 0 Å². The van der Waals surface area contributed by atoms with Crippen molar-refractivity contribution in [3.8, 4) is 11.5 Å². The van der Waals surface area contributed by atoms with Crippen LogP contribution in [0.25, 0.3) is 12.2 Å². The van der Waals surface area contributed by atoms with Gasteiger partial charge in [0.25, 0.3) is 0 Å². The highest BCUT2D eigenvalue weighted by atomic mass is 16.5. The summed E-state index contributed by atoms with van der Waals surface area (Å²) >= 11 is 0. The molecule has 0 amide bonds. The molecule has 316 valence electrons. The van der Waals surface area contributed by atoms with E-state index in [9.17, 15) is 40.2 Å². The second-order valence-corrected chi connectivity index (χ2v) is 20.5. The first-order valence-corrected chi connectivity index (χ1v) is 20.2. The molecule has 1 spiro atoms. The molecule has 0 radical (unpaired) electrons. The van der Waals surface area contributed by atoms with Crippen molar-refractivity contribution in [1.82, 2.24) is 0 Å². The molecule has 4 rings (SSSR count). The van der Waals surface area contributed by atoms with Crippen molar-refractivity contribution in [2.75, 3.05) is 13.2 Å². The van der Waals surface area contributed by atoms with Crippen molar-refractivity contribution in [3.63, 3.8) is 0 Å². The van der Waals surface area contributed by atoms with Gasteiger partial charge < -0.3 is 40.1 Å². The Labute approximate surface area is 339 Å². The van der Waals surface area contributed by atoms with E-state index in [2.05, 4.69) is 0 Å². The van der Waals surface area contributed by atoms with E-state index in [0.29, 0.717) is 11.1 Å². The minimum Gasteiger partial charge on any atom is -0.507 e. The first-order valence-electron chi connectivity index (χ1n) is 20.2. The van der Waals surface area contributed by atoms with Gasteiger partial charge in [0.2, 0.25) is 0 Å². The van der Waals surface area contributed by atoms with Gasteiger partial charge in [0.1, 0.15) is 11.5 Å². The van der Waals surface area contributed by atoms with E-state index in [1.165, 1.54) is 12.2 Å². The van der Waals surface area contributed by atoms with E-state index in [0.717, 1.165) is 22.3 Å². The van der Waals surface area contributed by atoms with Crippen LogP contribution >= 0.6 is 0 Å². The van der Waals surface area contributed by atoms with Crippen LogP contribution in [0.4, 0.5) is 0 Å². The molecule has 2 aliphatic carbocycles. The van der Waals surface area contributed by atoms with Gasteiger partial charge in [0, 0.05) is 45.9 Å². The number of aryl methyl sites for hydroxylation is 2. The molecule has 0 heterocycles. The quantitative estimate of drug-likeness (QED) is 0.105. The number of aliphatic hydroxyl groups is 4. The highest BCUT2D eigenvalue weighted by molar-refractivity contribution is 5.87. The van der Waals surface area contributed by atoms with E-state index in [-0.39, 0.29) is 61.2 Å². The molecule has 10 heteroatoms. The lowest BCUT2D eigenvalue weighted by molar-refractivity contribution is -0.188. The van der Waals surface area contributed by atoms with Gasteiger partial charge in [-0.1, -0.05) is 69.2 Å². The van der Waals surface area contributed by atoms with Crippen molar-refractivity contribution in [1.29, 1.82) is 0 Å². The molecule has 2 aliphatic rings. The third-order valence-electron chi connectivity index (χ3n) is 12.3. The molecule has 57 heavy (non-hydrogen) atoms. The molecule has 6 N–H and O–H groups in total. The fraction of sp³-hybridized carbons (Fsp3) is 0.617. The summed E-state index contributed by atoms with van der Waals surface area (Å²) in [6.07, 6.45) is 3.00.